The van der Waals surface area contributed by atoms with E-state index < -0.39 is 21.0 Å². The molecule has 0 heterocycles. The van der Waals surface area contributed by atoms with Gasteiger partial charge in [-0.05, 0) is 42.0 Å². The minimum atomic E-state index is -4.76. The van der Waals surface area contributed by atoms with Crippen molar-refractivity contribution < 1.29 is 21.8 Å². The third-order valence-corrected chi connectivity index (χ3v) is 3.76. The first-order valence-corrected chi connectivity index (χ1v) is 7.72. The van der Waals surface area contributed by atoms with Crippen LogP contribution in [0, 0.1) is 0 Å². The molecule has 0 aliphatic heterocycles. The van der Waals surface area contributed by atoms with Crippen molar-refractivity contribution in [2.24, 2.45) is 0 Å². The molecule has 7 heteroatoms. The average Bonchev–Trinajstić information content (AvgIpc) is 2.49. The number of halogens is 1. The fourth-order valence-electron chi connectivity index (χ4n) is 1.82. The lowest BCUT2D eigenvalue weighted by Gasteiger charge is -2.07. The second kappa shape index (κ2) is 6.67. The summed E-state index contributed by atoms with van der Waals surface area (Å²) in [5, 5.41) is 2.66. The first-order valence-electron chi connectivity index (χ1n) is 6.34. The molecule has 116 valence electrons. The maximum atomic E-state index is 12.8. The zero-order chi connectivity index (χ0) is 16.2. The normalized spacial score (nSPS) is 11.2. The highest BCUT2D eigenvalue weighted by atomic mass is 32.3. The lowest BCUT2D eigenvalue weighted by molar-refractivity contribution is 0.102. The van der Waals surface area contributed by atoms with Crippen molar-refractivity contribution in [1.29, 1.82) is 0 Å². The Balaban J connectivity index is 2.08. The van der Waals surface area contributed by atoms with Gasteiger partial charge in [0.25, 0.3) is 5.91 Å². The van der Waals surface area contributed by atoms with Crippen molar-refractivity contribution in [3.63, 3.8) is 0 Å². The molecule has 0 aliphatic rings. The molecule has 5 nitrogen and oxygen atoms in total. The van der Waals surface area contributed by atoms with Gasteiger partial charge in [0.15, 0.2) is 0 Å². The third kappa shape index (κ3) is 4.12. The number of anilines is 1. The molecule has 0 radical (unpaired) electrons. The predicted octanol–water partition coefficient (Wildman–Crippen LogP) is 2.74. The van der Waals surface area contributed by atoms with E-state index >= 15 is 0 Å². The van der Waals surface area contributed by atoms with E-state index in [1.165, 1.54) is 12.1 Å². The molecule has 0 fully saturated rings. The minimum absolute atomic E-state index is 0.230. The molecule has 0 aromatic heterocycles. The zero-order valence-corrected chi connectivity index (χ0v) is 12.6. The first-order chi connectivity index (χ1) is 10.4. The predicted molar refractivity (Wildman–Crippen MR) is 79.8 cm³/mol. The zero-order valence-electron chi connectivity index (χ0n) is 11.7. The van der Waals surface area contributed by atoms with Gasteiger partial charge in [-0.15, -0.1) is 3.89 Å². The number of amides is 1. The number of methoxy groups -OCH3 is 1. The lowest BCUT2D eigenvalue weighted by Crippen LogP contribution is -2.12. The van der Waals surface area contributed by atoms with Crippen LogP contribution in [-0.4, -0.2) is 21.4 Å². The van der Waals surface area contributed by atoms with Gasteiger partial charge in [0.2, 0.25) is 0 Å². The Kier molecular flexibility index (Phi) is 4.89. The van der Waals surface area contributed by atoms with Crippen LogP contribution in [0.15, 0.2) is 53.4 Å². The molecule has 2 aromatic carbocycles. The third-order valence-electron chi connectivity index (χ3n) is 2.92. The number of hydrogen-bond acceptors (Lipinski definition) is 4. The van der Waals surface area contributed by atoms with Gasteiger partial charge in [0.05, 0.1) is 11.5 Å². The van der Waals surface area contributed by atoms with E-state index in [1.807, 2.05) is 12.1 Å². The fraction of sp³-hybridized carbons (Fsp3) is 0.133. The average molecular weight is 323 g/mol. The molecule has 0 bridgehead atoms. The van der Waals surface area contributed by atoms with Gasteiger partial charge in [0, 0.05) is 18.4 Å². The van der Waals surface area contributed by atoms with Crippen LogP contribution in [0.25, 0.3) is 0 Å². The summed E-state index contributed by atoms with van der Waals surface area (Å²) in [7, 11) is -3.16. The van der Waals surface area contributed by atoms with E-state index in [1.54, 1.807) is 19.2 Å². The number of nitrogens with one attached hydrogen (secondary N) is 1. The maximum absolute atomic E-state index is 12.8. The topological polar surface area (TPSA) is 72.5 Å². The second-order valence-corrected chi connectivity index (χ2v) is 5.89. The van der Waals surface area contributed by atoms with Gasteiger partial charge in [-0.1, -0.05) is 12.1 Å². The molecule has 0 unspecified atom stereocenters. The van der Waals surface area contributed by atoms with Gasteiger partial charge in [-0.25, -0.2) is 0 Å². The van der Waals surface area contributed by atoms with Crippen molar-refractivity contribution in [3.05, 3.63) is 59.7 Å². The second-order valence-electron chi connectivity index (χ2n) is 4.55. The summed E-state index contributed by atoms with van der Waals surface area (Å²) in [6, 6.07) is 11.7. The molecular weight excluding hydrogens is 309 g/mol. The van der Waals surface area contributed by atoms with Gasteiger partial charge in [0.1, 0.15) is 0 Å². The van der Waals surface area contributed by atoms with Crippen LogP contribution in [0.2, 0.25) is 0 Å². The first kappa shape index (κ1) is 16.1. The van der Waals surface area contributed by atoms with Crippen molar-refractivity contribution in [2.75, 3.05) is 12.4 Å². The van der Waals surface area contributed by atoms with Crippen LogP contribution in [0.5, 0.6) is 0 Å². The Morgan fingerprint density at radius 1 is 1.09 bits per heavy atom. The number of rotatable bonds is 5. The van der Waals surface area contributed by atoms with Crippen LogP contribution in [0.3, 0.4) is 0 Å². The van der Waals surface area contributed by atoms with Crippen molar-refractivity contribution in [1.82, 2.24) is 0 Å². The highest BCUT2D eigenvalue weighted by Gasteiger charge is 2.13. The summed E-state index contributed by atoms with van der Waals surface area (Å²) in [5.41, 5.74) is 1.79. The fourth-order valence-corrected chi connectivity index (χ4v) is 2.28. The number of benzene rings is 2. The Labute approximate surface area is 127 Å². The van der Waals surface area contributed by atoms with Crippen LogP contribution >= 0.6 is 0 Å². The number of hydrogen-bond donors (Lipinski definition) is 1. The van der Waals surface area contributed by atoms with Crippen LogP contribution in [0.1, 0.15) is 15.9 Å². The molecular formula is C15H14FNO4S. The number of ether oxygens (including phenoxy) is 1. The monoisotopic (exact) mass is 323 g/mol. The molecule has 22 heavy (non-hydrogen) atoms. The van der Waals surface area contributed by atoms with E-state index in [2.05, 4.69) is 5.32 Å². The molecule has 1 N–H and O–H groups in total. The summed E-state index contributed by atoms with van der Waals surface area (Å²) < 4.78 is 39.2. The smallest absolute Gasteiger partial charge is 0.332 e. The highest BCUT2D eigenvalue weighted by molar-refractivity contribution is 7.86. The molecule has 0 atom stereocenters. The van der Waals surface area contributed by atoms with Crippen LogP contribution < -0.4 is 5.32 Å². The largest absolute Gasteiger partial charge is 0.380 e. The summed E-state index contributed by atoms with van der Waals surface area (Å²) in [6.45, 7) is 0.480. The van der Waals surface area contributed by atoms with Crippen LogP contribution in [-0.2, 0) is 21.6 Å². The van der Waals surface area contributed by atoms with Gasteiger partial charge in [-0.3, -0.25) is 4.79 Å². The molecule has 0 saturated heterocycles. The lowest BCUT2D eigenvalue weighted by atomic mass is 10.2. The molecule has 0 aliphatic carbocycles. The molecule has 0 saturated carbocycles. The Hall–Kier alpha value is -2.25. The highest BCUT2D eigenvalue weighted by Crippen LogP contribution is 2.15. The Bertz CT molecular complexity index is 755. The summed E-state index contributed by atoms with van der Waals surface area (Å²) >= 11 is 0. The van der Waals surface area contributed by atoms with E-state index in [-0.39, 0.29) is 5.56 Å². The van der Waals surface area contributed by atoms with E-state index in [9.17, 15) is 17.1 Å². The quantitative estimate of drug-likeness (QED) is 0.859. The maximum Gasteiger partial charge on any atom is 0.332 e. The molecule has 2 rings (SSSR count). The number of carbonyl (C=O) groups excluding carboxylic acids is 1. The summed E-state index contributed by atoms with van der Waals surface area (Å²) in [5.74, 6) is -0.415. The minimum Gasteiger partial charge on any atom is -0.380 e. The van der Waals surface area contributed by atoms with Crippen molar-refractivity contribution >= 4 is 21.8 Å². The molecule has 2 aromatic rings. The van der Waals surface area contributed by atoms with E-state index in [4.69, 9.17) is 4.74 Å². The SMILES string of the molecule is COCc1ccc(NC(=O)c2ccc(S(=O)(=O)F)cc2)cc1. The number of carbonyl (C=O) groups is 1. The summed E-state index contributed by atoms with van der Waals surface area (Å²) in [4.78, 5) is 11.5. The Morgan fingerprint density at radius 2 is 1.68 bits per heavy atom. The Morgan fingerprint density at radius 3 is 2.18 bits per heavy atom. The van der Waals surface area contributed by atoms with Crippen molar-refractivity contribution in [3.8, 4) is 0 Å². The standard InChI is InChI=1S/C15H14FNO4S/c1-21-10-11-2-6-13(7-3-11)17-15(18)12-4-8-14(9-5-12)22(16,19)20/h2-9H,10H2,1H3,(H,17,18). The van der Waals surface area contributed by atoms with E-state index in [0.29, 0.717) is 12.3 Å². The molecule has 1 amide bonds. The van der Waals surface area contributed by atoms with Gasteiger partial charge >= 0.3 is 10.2 Å². The van der Waals surface area contributed by atoms with Gasteiger partial charge in [-0.2, -0.15) is 8.42 Å². The molecule has 0 spiro atoms. The van der Waals surface area contributed by atoms with Crippen molar-refractivity contribution in [2.45, 2.75) is 11.5 Å². The van der Waals surface area contributed by atoms with Crippen LogP contribution in [0.4, 0.5) is 9.57 Å². The summed E-state index contributed by atoms with van der Waals surface area (Å²) in [6.07, 6.45) is 0. The van der Waals surface area contributed by atoms with Gasteiger partial charge < -0.3 is 10.1 Å². The van der Waals surface area contributed by atoms with E-state index in [0.717, 1.165) is 17.7 Å².